The molecule has 32 heavy (non-hydrogen) atoms. The second kappa shape index (κ2) is 9.18. The lowest BCUT2D eigenvalue weighted by Gasteiger charge is -2.26. The molecule has 0 unspecified atom stereocenters. The molecule has 0 bridgehead atoms. The minimum Gasteiger partial charge on any atom is -0.478 e. The molecule has 0 fully saturated rings. The lowest BCUT2D eigenvalue weighted by atomic mass is 9.95. The van der Waals surface area contributed by atoms with Crippen LogP contribution in [0.2, 0.25) is 0 Å². The van der Waals surface area contributed by atoms with E-state index >= 15 is 0 Å². The molecule has 5 N–H and O–H groups in total. The van der Waals surface area contributed by atoms with Gasteiger partial charge in [0, 0.05) is 0 Å². The monoisotopic (exact) mass is 476 g/mol. The molecule has 0 heterocycles. The highest BCUT2D eigenvalue weighted by molar-refractivity contribution is 7.89. The summed E-state index contributed by atoms with van der Waals surface area (Å²) in [6.07, 6.45) is 0. The van der Waals surface area contributed by atoms with Crippen molar-refractivity contribution in [2.75, 3.05) is 0 Å². The Kier molecular flexibility index (Phi) is 6.77. The van der Waals surface area contributed by atoms with Gasteiger partial charge in [-0.15, -0.1) is 0 Å². The highest BCUT2D eigenvalue weighted by atomic mass is 32.2. The van der Waals surface area contributed by atoms with Crippen molar-refractivity contribution in [2.24, 2.45) is 5.73 Å². The average molecular weight is 477 g/mol. The Hall–Kier alpha value is -3.09. The lowest BCUT2D eigenvalue weighted by Crippen LogP contribution is -2.36. The first-order valence-corrected chi connectivity index (χ1v) is 12.2. The number of rotatable bonds is 8. The number of carboxylic acids is 1. The van der Waals surface area contributed by atoms with Crippen LogP contribution in [0.15, 0.2) is 88.7 Å². The number of aromatic carboxylic acids is 1. The second-order valence-corrected chi connectivity index (χ2v) is 9.99. The Balaban J connectivity index is 2.06. The highest BCUT2D eigenvalue weighted by Crippen LogP contribution is 2.29. The van der Waals surface area contributed by atoms with Gasteiger partial charge in [-0.3, -0.25) is 4.55 Å². The van der Waals surface area contributed by atoms with Gasteiger partial charge in [-0.1, -0.05) is 60.7 Å². The van der Waals surface area contributed by atoms with Crippen LogP contribution in [0.5, 0.6) is 0 Å². The summed E-state index contributed by atoms with van der Waals surface area (Å²) in [7, 11) is -9.22. The molecule has 0 spiro atoms. The largest absolute Gasteiger partial charge is 0.478 e. The third kappa shape index (κ3) is 5.21. The fourth-order valence-electron chi connectivity index (χ4n) is 3.18. The van der Waals surface area contributed by atoms with Gasteiger partial charge in [0.05, 0.1) is 22.5 Å². The van der Waals surface area contributed by atoms with E-state index in [4.69, 9.17) is 5.73 Å². The number of nitrogens with one attached hydrogen (secondary N) is 1. The van der Waals surface area contributed by atoms with Crippen LogP contribution in [0, 0.1) is 0 Å². The van der Waals surface area contributed by atoms with Gasteiger partial charge in [0.1, 0.15) is 4.90 Å². The van der Waals surface area contributed by atoms with Gasteiger partial charge in [0.15, 0.2) is 0 Å². The van der Waals surface area contributed by atoms with Crippen LogP contribution in [0.25, 0.3) is 0 Å². The highest BCUT2D eigenvalue weighted by Gasteiger charge is 2.29. The Morgan fingerprint density at radius 2 is 1.38 bits per heavy atom. The molecule has 0 radical (unpaired) electrons. The van der Waals surface area contributed by atoms with Gasteiger partial charge in [-0.05, 0) is 29.3 Å². The zero-order chi connectivity index (χ0) is 23.5. The maximum Gasteiger partial charge on any atom is 0.337 e. The summed E-state index contributed by atoms with van der Waals surface area (Å²) in [5.74, 6) is -1.71. The molecule has 168 valence electrons. The molecule has 0 aliphatic rings. The third-order valence-electron chi connectivity index (χ3n) is 4.75. The minimum absolute atomic E-state index is 0.497. The molecule has 3 aromatic rings. The molecule has 0 saturated carbocycles. The number of nitrogens with two attached hydrogens (primary N) is 1. The van der Waals surface area contributed by atoms with Crippen LogP contribution < -0.4 is 10.5 Å². The van der Waals surface area contributed by atoms with Crippen LogP contribution in [-0.4, -0.2) is 32.5 Å². The molecule has 0 amide bonds. The Morgan fingerprint density at radius 1 is 0.844 bits per heavy atom. The van der Waals surface area contributed by atoms with Crippen molar-refractivity contribution >= 4 is 26.1 Å². The maximum absolute atomic E-state index is 13.1. The second-order valence-electron chi connectivity index (χ2n) is 6.88. The van der Waals surface area contributed by atoms with Crippen molar-refractivity contribution < 1.29 is 31.3 Å². The predicted octanol–water partition coefficient (Wildman–Crippen LogP) is 2.35. The Morgan fingerprint density at radius 3 is 1.88 bits per heavy atom. The number of sulfonamides is 1. The summed E-state index contributed by atoms with van der Waals surface area (Å²) in [4.78, 5) is 10.1. The van der Waals surface area contributed by atoms with E-state index in [1.165, 1.54) is 0 Å². The predicted molar refractivity (Wildman–Crippen MR) is 116 cm³/mol. The van der Waals surface area contributed by atoms with Crippen LogP contribution in [0.4, 0.5) is 0 Å². The fourth-order valence-corrected chi connectivity index (χ4v) is 5.12. The van der Waals surface area contributed by atoms with Crippen LogP contribution in [0.1, 0.15) is 33.6 Å². The van der Waals surface area contributed by atoms with Crippen molar-refractivity contribution in [2.45, 2.75) is 21.9 Å². The first-order valence-electron chi connectivity index (χ1n) is 9.23. The van der Waals surface area contributed by atoms with Crippen LogP contribution in [-0.2, 0) is 20.1 Å². The number of hydrogen-bond acceptors (Lipinski definition) is 6. The standard InChI is InChI=1S/C21H20N2O7S2/c22-19(14-7-3-1-4-8-14)20(15-9-5-2-6-10-15)23-31(26,27)16-11-12-18(32(28,29)30)17(13-16)21(24)25/h1-13,19-20,23H,22H2,(H,24,25)(H,28,29,30)/t19-,20-/m1/s1. The molecule has 2 atom stereocenters. The van der Waals surface area contributed by atoms with E-state index in [0.29, 0.717) is 17.2 Å². The van der Waals surface area contributed by atoms with Crippen molar-refractivity contribution in [3.05, 3.63) is 95.6 Å². The van der Waals surface area contributed by atoms with E-state index in [1.807, 2.05) is 0 Å². The van der Waals surface area contributed by atoms with E-state index in [9.17, 15) is 31.3 Å². The van der Waals surface area contributed by atoms with Crippen molar-refractivity contribution in [3.63, 3.8) is 0 Å². The summed E-state index contributed by atoms with van der Waals surface area (Å²) >= 11 is 0. The number of hydrogen-bond donors (Lipinski definition) is 4. The summed E-state index contributed by atoms with van der Waals surface area (Å²) in [5.41, 5.74) is 6.74. The SMILES string of the molecule is N[C@H](c1ccccc1)[C@H](NS(=O)(=O)c1ccc(S(=O)(=O)O)c(C(=O)O)c1)c1ccccc1. The van der Waals surface area contributed by atoms with E-state index < -0.39 is 53.5 Å². The maximum atomic E-state index is 13.1. The van der Waals surface area contributed by atoms with Crippen molar-refractivity contribution in [1.82, 2.24) is 4.72 Å². The first-order chi connectivity index (χ1) is 15.0. The van der Waals surface area contributed by atoms with E-state index in [0.717, 1.165) is 12.1 Å². The summed E-state index contributed by atoms with van der Waals surface area (Å²) in [6.45, 7) is 0. The molecule has 3 rings (SSSR count). The molecular weight excluding hydrogens is 456 g/mol. The van der Waals surface area contributed by atoms with Gasteiger partial charge in [-0.2, -0.15) is 8.42 Å². The van der Waals surface area contributed by atoms with E-state index in [1.54, 1.807) is 60.7 Å². The van der Waals surface area contributed by atoms with Crippen LogP contribution in [0.3, 0.4) is 0 Å². The Labute approximate surface area is 185 Å². The van der Waals surface area contributed by atoms with Gasteiger partial charge >= 0.3 is 5.97 Å². The molecular formula is C21H20N2O7S2. The van der Waals surface area contributed by atoms with Gasteiger partial charge in [0.25, 0.3) is 10.1 Å². The summed E-state index contributed by atoms with van der Waals surface area (Å²) < 4.78 is 60.8. The minimum atomic E-state index is -4.87. The zero-order valence-corrected chi connectivity index (χ0v) is 18.1. The first kappa shape index (κ1) is 23.6. The normalized spacial score (nSPS) is 13.9. The molecule has 0 aromatic heterocycles. The number of carboxylic acid groups (broad SMARTS) is 1. The fraction of sp³-hybridized carbons (Fsp3) is 0.0952. The quantitative estimate of drug-likeness (QED) is 0.360. The van der Waals surface area contributed by atoms with Crippen LogP contribution >= 0.6 is 0 Å². The molecule has 9 nitrogen and oxygen atoms in total. The van der Waals surface area contributed by atoms with Gasteiger partial charge in [-0.25, -0.2) is 17.9 Å². The topological polar surface area (TPSA) is 164 Å². The number of carbonyl (C=O) groups is 1. The van der Waals surface area contributed by atoms with Crippen molar-refractivity contribution in [1.29, 1.82) is 0 Å². The molecule has 3 aromatic carbocycles. The molecule has 11 heteroatoms. The summed E-state index contributed by atoms with van der Waals surface area (Å²) in [6, 6.07) is 18.0. The molecule has 0 saturated heterocycles. The zero-order valence-electron chi connectivity index (χ0n) is 16.5. The van der Waals surface area contributed by atoms with E-state index in [-0.39, 0.29) is 0 Å². The van der Waals surface area contributed by atoms with Crippen molar-refractivity contribution in [3.8, 4) is 0 Å². The smallest absolute Gasteiger partial charge is 0.337 e. The third-order valence-corrected chi connectivity index (χ3v) is 7.10. The Bertz CT molecular complexity index is 1330. The average Bonchev–Trinajstić information content (AvgIpc) is 2.77. The molecule has 0 aliphatic carbocycles. The molecule has 0 aliphatic heterocycles. The lowest BCUT2D eigenvalue weighted by molar-refractivity contribution is 0.0692. The number of benzene rings is 3. The summed E-state index contributed by atoms with van der Waals surface area (Å²) in [5, 5.41) is 9.31. The van der Waals surface area contributed by atoms with Gasteiger partial charge in [0.2, 0.25) is 10.0 Å². The van der Waals surface area contributed by atoms with Gasteiger partial charge < -0.3 is 10.8 Å². The van der Waals surface area contributed by atoms with E-state index in [2.05, 4.69) is 4.72 Å².